The Labute approximate surface area is 251 Å². The quantitative estimate of drug-likeness (QED) is 0.224. The molecule has 0 saturated heterocycles. The van der Waals surface area contributed by atoms with E-state index in [0.717, 1.165) is 43.9 Å². The first-order valence-electron chi connectivity index (χ1n) is 15.6. The smallest absolute Gasteiger partial charge is 0.134 e. The molecule has 0 radical (unpaired) electrons. The second-order valence-corrected chi connectivity index (χ2v) is 12.3. The topological polar surface area (TPSA) is 44.6 Å². The average molecular weight is 558 g/mol. The maximum Gasteiger partial charge on any atom is 0.134 e. The van der Waals surface area contributed by atoms with Crippen LogP contribution in [0, 0.1) is 11.3 Å². The maximum atomic E-state index is 4.86. The number of aliphatic imine (C=N–C) groups is 1. The first-order chi connectivity index (χ1) is 20.6. The van der Waals surface area contributed by atoms with Gasteiger partial charge in [-0.1, -0.05) is 49.8 Å². The minimum absolute atomic E-state index is 0.186. The Hall–Kier alpha value is -3.99. The zero-order valence-corrected chi connectivity index (χ0v) is 25.3. The van der Waals surface area contributed by atoms with Crippen molar-refractivity contribution in [3.8, 4) is 0 Å². The predicted molar refractivity (Wildman–Crippen MR) is 175 cm³/mol. The van der Waals surface area contributed by atoms with Crippen LogP contribution in [0.5, 0.6) is 0 Å². The van der Waals surface area contributed by atoms with Gasteiger partial charge in [0.15, 0.2) is 0 Å². The van der Waals surface area contributed by atoms with E-state index in [9.17, 15) is 0 Å². The van der Waals surface area contributed by atoms with E-state index in [-0.39, 0.29) is 5.41 Å². The van der Waals surface area contributed by atoms with Crippen LogP contribution in [0.1, 0.15) is 65.7 Å². The minimum Gasteiger partial charge on any atom is -0.335 e. The second kappa shape index (κ2) is 12.5. The van der Waals surface area contributed by atoms with E-state index in [1.54, 1.807) is 0 Å². The summed E-state index contributed by atoms with van der Waals surface area (Å²) >= 11 is 0. The van der Waals surface area contributed by atoms with Crippen molar-refractivity contribution in [2.75, 3.05) is 16.3 Å². The molecule has 0 bridgehead atoms. The molecule has 216 valence electrons. The van der Waals surface area contributed by atoms with Gasteiger partial charge in [-0.05, 0) is 117 Å². The summed E-state index contributed by atoms with van der Waals surface area (Å²) in [6.45, 7) is 7.67. The summed E-state index contributed by atoms with van der Waals surface area (Å²) in [7, 11) is 0. The number of hydrogen-bond donors (Lipinski definition) is 0. The van der Waals surface area contributed by atoms with Crippen molar-refractivity contribution in [3.05, 3.63) is 114 Å². The van der Waals surface area contributed by atoms with E-state index in [4.69, 9.17) is 15.0 Å². The molecule has 0 amide bonds. The van der Waals surface area contributed by atoms with Crippen molar-refractivity contribution in [3.63, 3.8) is 0 Å². The van der Waals surface area contributed by atoms with Crippen molar-refractivity contribution in [2.24, 2.45) is 16.3 Å². The number of hydrogen-bond acceptors (Lipinski definition) is 5. The van der Waals surface area contributed by atoms with Crippen LogP contribution in [0.3, 0.4) is 0 Å². The van der Waals surface area contributed by atoms with E-state index in [1.165, 1.54) is 47.5 Å². The molecule has 2 aromatic heterocycles. The van der Waals surface area contributed by atoms with Gasteiger partial charge < -0.3 is 9.80 Å². The molecule has 2 unspecified atom stereocenters. The summed E-state index contributed by atoms with van der Waals surface area (Å²) in [6.07, 6.45) is 18.7. The molecular weight excluding hydrogens is 514 g/mol. The third-order valence-electron chi connectivity index (χ3n) is 9.67. The lowest BCUT2D eigenvalue weighted by atomic mass is 9.67. The minimum atomic E-state index is 0.186. The van der Waals surface area contributed by atoms with Crippen LogP contribution in [0.15, 0.2) is 119 Å². The Morgan fingerprint density at radius 3 is 2.29 bits per heavy atom. The Balaban J connectivity index is 1.29. The van der Waals surface area contributed by atoms with E-state index in [1.807, 2.05) is 37.7 Å². The molecule has 1 aromatic carbocycles. The van der Waals surface area contributed by atoms with Crippen molar-refractivity contribution in [2.45, 2.75) is 71.8 Å². The van der Waals surface area contributed by atoms with Crippen molar-refractivity contribution in [1.29, 1.82) is 0 Å². The predicted octanol–water partition coefficient (Wildman–Crippen LogP) is 9.06. The highest BCUT2D eigenvalue weighted by atomic mass is 15.3. The lowest BCUT2D eigenvalue weighted by Crippen LogP contribution is -2.33. The van der Waals surface area contributed by atoms with E-state index in [2.05, 4.69) is 90.4 Å². The largest absolute Gasteiger partial charge is 0.335 e. The average Bonchev–Trinajstić information content (AvgIpc) is 3.38. The Morgan fingerprint density at radius 2 is 1.62 bits per heavy atom. The Kier molecular flexibility index (Phi) is 8.36. The lowest BCUT2D eigenvalue weighted by Gasteiger charge is -2.40. The standard InChI is InChI=1S/C37H43N5/c1-4-38-33-27-41(30-15-6-5-7-16-30)34-18-13-23-37(3,26-32(34)28(33)2)29-14-12-17-31(22-21-29)42(35-19-8-10-24-39-35)36-20-9-11-25-40-36/h4-11,13,15-16,18-20,24-25,29,31H,12,14,17,21-23,26-27H2,1-3H3/t29-,31?,37?/m0/s1. The van der Waals surface area contributed by atoms with E-state index in [0.29, 0.717) is 12.0 Å². The summed E-state index contributed by atoms with van der Waals surface area (Å²) in [4.78, 5) is 19.2. The molecule has 0 spiro atoms. The van der Waals surface area contributed by atoms with Crippen LogP contribution in [-0.2, 0) is 0 Å². The van der Waals surface area contributed by atoms with Crippen LogP contribution in [0.4, 0.5) is 17.3 Å². The number of anilines is 3. The van der Waals surface area contributed by atoms with Gasteiger partial charge in [0.1, 0.15) is 11.6 Å². The van der Waals surface area contributed by atoms with Crippen molar-refractivity contribution in [1.82, 2.24) is 9.97 Å². The number of pyridine rings is 2. The Bertz CT molecular complexity index is 1430. The molecule has 3 heterocycles. The highest BCUT2D eigenvalue weighted by Crippen LogP contribution is 2.50. The first kappa shape index (κ1) is 28.1. The van der Waals surface area contributed by atoms with Gasteiger partial charge in [-0.25, -0.2) is 9.97 Å². The van der Waals surface area contributed by atoms with Gasteiger partial charge in [0.05, 0.1) is 12.2 Å². The first-order valence-corrected chi connectivity index (χ1v) is 15.6. The zero-order valence-electron chi connectivity index (χ0n) is 25.3. The second-order valence-electron chi connectivity index (χ2n) is 12.3. The lowest BCUT2D eigenvalue weighted by molar-refractivity contribution is 0.166. The zero-order chi connectivity index (χ0) is 28.9. The molecule has 1 saturated carbocycles. The van der Waals surface area contributed by atoms with Gasteiger partial charge in [0, 0.05) is 36.0 Å². The van der Waals surface area contributed by atoms with Crippen LogP contribution in [0.2, 0.25) is 0 Å². The highest BCUT2D eigenvalue weighted by Gasteiger charge is 2.40. The summed E-state index contributed by atoms with van der Waals surface area (Å²) in [5, 5.41) is 0. The fourth-order valence-corrected chi connectivity index (χ4v) is 7.38. The number of benzene rings is 1. The molecule has 42 heavy (non-hydrogen) atoms. The van der Waals surface area contributed by atoms with Gasteiger partial charge in [-0.3, -0.25) is 4.99 Å². The van der Waals surface area contributed by atoms with Crippen LogP contribution in [0.25, 0.3) is 0 Å². The number of rotatable bonds is 6. The van der Waals surface area contributed by atoms with Crippen molar-refractivity contribution < 1.29 is 0 Å². The maximum absolute atomic E-state index is 4.86. The fourth-order valence-electron chi connectivity index (χ4n) is 7.38. The number of nitrogens with zero attached hydrogens (tertiary/aromatic N) is 5. The molecule has 3 atom stereocenters. The van der Waals surface area contributed by atoms with Crippen LogP contribution in [-0.4, -0.2) is 28.8 Å². The van der Waals surface area contributed by atoms with Gasteiger partial charge in [-0.15, -0.1) is 0 Å². The van der Waals surface area contributed by atoms with Crippen molar-refractivity contribution >= 4 is 23.5 Å². The highest BCUT2D eigenvalue weighted by molar-refractivity contribution is 5.65. The van der Waals surface area contributed by atoms with Gasteiger partial charge >= 0.3 is 0 Å². The molecule has 3 aromatic rings. The molecule has 5 heteroatoms. The fraction of sp³-hybridized carbons (Fsp3) is 0.378. The molecule has 3 aliphatic rings. The van der Waals surface area contributed by atoms with E-state index < -0.39 is 0 Å². The SMILES string of the molecule is CC=NC1=C(C)C2=C(C=CCC(C)([C@H]3CCCC(N(c4ccccn4)c4ccccn4)CC3)C2)N(c2ccccc2)C1. The summed E-state index contributed by atoms with van der Waals surface area (Å²) in [6, 6.07) is 23.6. The molecule has 6 rings (SSSR count). The Morgan fingerprint density at radius 1 is 0.905 bits per heavy atom. The number of allylic oxidation sites excluding steroid dienone is 4. The third-order valence-corrected chi connectivity index (χ3v) is 9.67. The van der Waals surface area contributed by atoms with Crippen LogP contribution >= 0.6 is 0 Å². The van der Waals surface area contributed by atoms with Gasteiger partial charge in [0.2, 0.25) is 0 Å². The number of aromatic nitrogens is 2. The molecular formula is C37H43N5. The summed E-state index contributed by atoms with van der Waals surface area (Å²) in [5.74, 6) is 2.63. The molecule has 1 fully saturated rings. The summed E-state index contributed by atoms with van der Waals surface area (Å²) < 4.78 is 0. The third kappa shape index (κ3) is 5.70. The van der Waals surface area contributed by atoms with E-state index >= 15 is 0 Å². The monoisotopic (exact) mass is 557 g/mol. The number of para-hydroxylation sites is 1. The molecule has 1 aliphatic heterocycles. The normalized spacial score (nSPS) is 24.9. The molecule has 2 aliphatic carbocycles. The molecule has 5 nitrogen and oxygen atoms in total. The van der Waals surface area contributed by atoms with Crippen LogP contribution < -0.4 is 9.80 Å². The van der Waals surface area contributed by atoms with Gasteiger partial charge in [-0.2, -0.15) is 0 Å². The van der Waals surface area contributed by atoms with Gasteiger partial charge in [0.25, 0.3) is 0 Å². The molecule has 0 N–H and O–H groups in total. The summed E-state index contributed by atoms with van der Waals surface area (Å²) in [5.41, 5.74) is 6.77.